The first-order chi connectivity index (χ1) is 5.04. The van der Waals surface area contributed by atoms with Crippen LogP contribution in [0.5, 0.6) is 0 Å². The number of hydrogen-bond donors (Lipinski definition) is 1. The maximum absolute atomic E-state index is 6.05. The molecule has 0 aromatic heterocycles. The quantitative estimate of drug-likeness (QED) is 0.621. The van der Waals surface area contributed by atoms with Crippen molar-refractivity contribution in [2.75, 3.05) is 0 Å². The third-order valence-electron chi connectivity index (χ3n) is 2.12. The van der Waals surface area contributed by atoms with Crippen molar-refractivity contribution in [2.24, 2.45) is 0 Å². The topological polar surface area (TPSA) is 27.6 Å². The molecular weight excluding hydrogens is 237 g/mol. The van der Waals surface area contributed by atoms with E-state index in [1.54, 1.807) is 0 Å². The van der Waals surface area contributed by atoms with Gasteiger partial charge >= 0.3 is 0 Å². The van der Waals surface area contributed by atoms with E-state index in [1.165, 1.54) is 5.56 Å². The summed E-state index contributed by atoms with van der Waals surface area (Å²) in [5.74, 6) is 0. The predicted octanol–water partition coefficient (Wildman–Crippen LogP) is -0.857. The van der Waals surface area contributed by atoms with Gasteiger partial charge in [-0.05, 0) is 31.9 Å². The Morgan fingerprint density at radius 3 is 2.17 bits per heavy atom. The molecule has 0 fully saturated rings. The van der Waals surface area contributed by atoms with Crippen molar-refractivity contribution in [1.29, 1.82) is 0 Å². The van der Waals surface area contributed by atoms with E-state index in [-0.39, 0.29) is 17.0 Å². The Labute approximate surface area is 88.7 Å². The molecule has 0 radical (unpaired) electrons. The smallest absolute Gasteiger partial charge is 0.132 e. The van der Waals surface area contributed by atoms with E-state index in [2.05, 4.69) is 18.7 Å². The highest BCUT2D eigenvalue weighted by Crippen LogP contribution is 2.26. The molecule has 1 aromatic carbocycles. The minimum Gasteiger partial charge on any atom is -1.00 e. The van der Waals surface area contributed by atoms with Gasteiger partial charge in [0.2, 0.25) is 0 Å². The van der Waals surface area contributed by atoms with Crippen molar-refractivity contribution >= 4 is 17.3 Å². The molecule has 1 nitrogen and oxygen atoms in total. The largest absolute Gasteiger partial charge is 1.00 e. The van der Waals surface area contributed by atoms with E-state index in [9.17, 15) is 0 Å². The molecule has 0 aliphatic carbocycles. The second-order valence-corrected chi connectivity index (χ2v) is 3.29. The van der Waals surface area contributed by atoms with Gasteiger partial charge in [-0.1, -0.05) is 11.6 Å². The maximum atomic E-state index is 6.05. The molecule has 0 unspecified atom stereocenters. The van der Waals surface area contributed by atoms with Crippen molar-refractivity contribution in [3.63, 3.8) is 0 Å². The second kappa shape index (κ2) is 4.26. The molecule has 0 atom stereocenters. The number of halogens is 2. The highest BCUT2D eigenvalue weighted by atomic mass is 79.9. The van der Waals surface area contributed by atoms with Crippen molar-refractivity contribution in [2.45, 2.75) is 20.8 Å². The Hall–Kier alpha value is -0.0500. The van der Waals surface area contributed by atoms with Gasteiger partial charge in [0, 0.05) is 11.6 Å². The first kappa shape index (κ1) is 11.9. The van der Waals surface area contributed by atoms with Gasteiger partial charge in [0.05, 0.1) is 5.02 Å². The average molecular weight is 251 g/mol. The Morgan fingerprint density at radius 1 is 1.17 bits per heavy atom. The van der Waals surface area contributed by atoms with Crippen molar-refractivity contribution in [3.8, 4) is 0 Å². The molecule has 0 amide bonds. The number of aryl methyl sites for hydroxylation is 1. The van der Waals surface area contributed by atoms with Gasteiger partial charge < -0.3 is 22.7 Å². The van der Waals surface area contributed by atoms with E-state index < -0.39 is 0 Å². The summed E-state index contributed by atoms with van der Waals surface area (Å²) >= 11 is 6.05. The summed E-state index contributed by atoms with van der Waals surface area (Å²) in [6, 6.07) is 2.07. The Morgan fingerprint density at radius 2 is 1.67 bits per heavy atom. The zero-order valence-corrected chi connectivity index (χ0v) is 9.88. The van der Waals surface area contributed by atoms with Gasteiger partial charge in [-0.3, -0.25) is 0 Å². The summed E-state index contributed by atoms with van der Waals surface area (Å²) < 4.78 is 0. The Bertz CT molecular complexity index is 271. The van der Waals surface area contributed by atoms with E-state index in [0.717, 1.165) is 21.8 Å². The van der Waals surface area contributed by atoms with Crippen LogP contribution >= 0.6 is 11.6 Å². The molecule has 0 bridgehead atoms. The molecule has 0 heterocycles. The number of quaternary nitrogens is 1. The molecule has 0 saturated heterocycles. The Kier molecular flexibility index (Phi) is 4.24. The van der Waals surface area contributed by atoms with Crippen LogP contribution in [0.1, 0.15) is 16.7 Å². The molecular formula is C9H13BrClN. The monoisotopic (exact) mass is 249 g/mol. The van der Waals surface area contributed by atoms with Crippen LogP contribution in [0.4, 0.5) is 5.69 Å². The summed E-state index contributed by atoms with van der Waals surface area (Å²) in [6.07, 6.45) is 0. The van der Waals surface area contributed by atoms with E-state index in [0.29, 0.717) is 0 Å². The lowest BCUT2D eigenvalue weighted by atomic mass is 10.1. The fourth-order valence-electron chi connectivity index (χ4n) is 1.07. The van der Waals surface area contributed by atoms with E-state index in [4.69, 9.17) is 11.6 Å². The fraction of sp³-hybridized carbons (Fsp3) is 0.333. The van der Waals surface area contributed by atoms with Crippen LogP contribution in [0.3, 0.4) is 0 Å². The summed E-state index contributed by atoms with van der Waals surface area (Å²) in [5, 5.41) is 0.856. The molecule has 0 aliphatic rings. The minimum atomic E-state index is 0. The molecule has 3 heteroatoms. The van der Waals surface area contributed by atoms with E-state index >= 15 is 0 Å². The lowest BCUT2D eigenvalue weighted by Crippen LogP contribution is -3.00. The molecule has 3 N–H and O–H groups in total. The van der Waals surface area contributed by atoms with Gasteiger partial charge in [0.25, 0.3) is 0 Å². The predicted molar refractivity (Wildman–Crippen MR) is 48.2 cm³/mol. The summed E-state index contributed by atoms with van der Waals surface area (Å²) in [5.41, 5.74) is 8.39. The molecule has 68 valence electrons. The lowest BCUT2D eigenvalue weighted by Gasteiger charge is -2.06. The molecule has 0 aliphatic heterocycles. The van der Waals surface area contributed by atoms with E-state index in [1.807, 2.05) is 13.8 Å². The minimum absolute atomic E-state index is 0. The average Bonchev–Trinajstić information content (AvgIpc) is 1.97. The van der Waals surface area contributed by atoms with Crippen molar-refractivity contribution in [1.82, 2.24) is 0 Å². The zero-order chi connectivity index (χ0) is 8.59. The molecule has 0 spiro atoms. The van der Waals surface area contributed by atoms with Gasteiger partial charge in [-0.25, -0.2) is 0 Å². The van der Waals surface area contributed by atoms with Crippen LogP contribution in [0.15, 0.2) is 6.07 Å². The van der Waals surface area contributed by atoms with Gasteiger partial charge in [0.15, 0.2) is 0 Å². The third-order valence-corrected chi connectivity index (χ3v) is 2.69. The summed E-state index contributed by atoms with van der Waals surface area (Å²) in [4.78, 5) is 0. The standard InChI is InChI=1S/C9H12ClN.BrH/c1-5-4-8(11)7(3)9(10)6(5)2;/h4H,11H2,1-3H3;1H. The normalized spacial score (nSPS) is 9.42. The number of rotatable bonds is 0. The highest BCUT2D eigenvalue weighted by Gasteiger charge is 2.07. The summed E-state index contributed by atoms with van der Waals surface area (Å²) in [6.45, 7) is 6.08. The maximum Gasteiger partial charge on any atom is 0.132 e. The first-order valence-electron chi connectivity index (χ1n) is 3.62. The van der Waals surface area contributed by atoms with Gasteiger partial charge in [-0.15, -0.1) is 0 Å². The van der Waals surface area contributed by atoms with Crippen LogP contribution in [0, 0.1) is 20.8 Å². The van der Waals surface area contributed by atoms with Crippen molar-refractivity contribution in [3.05, 3.63) is 27.8 Å². The zero-order valence-electron chi connectivity index (χ0n) is 7.54. The second-order valence-electron chi connectivity index (χ2n) is 2.92. The van der Waals surface area contributed by atoms with Crippen LogP contribution in [0.25, 0.3) is 0 Å². The van der Waals surface area contributed by atoms with Crippen LogP contribution in [-0.4, -0.2) is 0 Å². The molecule has 0 saturated carbocycles. The summed E-state index contributed by atoms with van der Waals surface area (Å²) in [7, 11) is 0. The van der Waals surface area contributed by atoms with Crippen LogP contribution < -0.4 is 22.7 Å². The number of hydrogen-bond acceptors (Lipinski definition) is 0. The molecule has 1 aromatic rings. The van der Waals surface area contributed by atoms with Crippen LogP contribution in [-0.2, 0) is 0 Å². The van der Waals surface area contributed by atoms with Crippen molar-refractivity contribution < 1.29 is 22.7 Å². The molecule has 12 heavy (non-hydrogen) atoms. The Balaban J connectivity index is 0.00000121. The van der Waals surface area contributed by atoms with Gasteiger partial charge in [-0.2, -0.15) is 0 Å². The van der Waals surface area contributed by atoms with Crippen LogP contribution in [0.2, 0.25) is 5.02 Å². The highest BCUT2D eigenvalue weighted by molar-refractivity contribution is 6.32. The first-order valence-corrected chi connectivity index (χ1v) is 4.00. The number of benzene rings is 1. The molecule has 1 rings (SSSR count). The fourth-order valence-corrected chi connectivity index (χ4v) is 1.34. The van der Waals surface area contributed by atoms with Gasteiger partial charge in [0.1, 0.15) is 5.69 Å². The SMILES string of the molecule is Cc1cc([NH3+])c(C)c(Cl)c1C.[Br-]. The third kappa shape index (κ3) is 2.00. The lowest BCUT2D eigenvalue weighted by molar-refractivity contribution is -0.255.